The van der Waals surface area contributed by atoms with E-state index in [-0.39, 0.29) is 5.75 Å². The summed E-state index contributed by atoms with van der Waals surface area (Å²) in [5, 5.41) is 13.2. The van der Waals surface area contributed by atoms with Gasteiger partial charge in [-0.1, -0.05) is 29.8 Å². The summed E-state index contributed by atoms with van der Waals surface area (Å²) in [6, 6.07) is 9.11. The summed E-state index contributed by atoms with van der Waals surface area (Å²) in [5.74, 6) is -0.275. The molecule has 1 heterocycles. The SMILES string of the molecule is Cc1cccc(Cn2nccc(O)c2=O)c1. The molecule has 0 spiro atoms. The molecule has 4 nitrogen and oxygen atoms in total. The van der Waals surface area contributed by atoms with Crippen molar-refractivity contribution in [2.45, 2.75) is 13.5 Å². The highest BCUT2D eigenvalue weighted by Gasteiger charge is 2.02. The molecule has 0 saturated heterocycles. The van der Waals surface area contributed by atoms with Gasteiger partial charge in [0.15, 0.2) is 5.75 Å². The van der Waals surface area contributed by atoms with Crippen molar-refractivity contribution in [2.24, 2.45) is 0 Å². The fraction of sp³-hybridized carbons (Fsp3) is 0.167. The first kappa shape index (κ1) is 10.4. The van der Waals surface area contributed by atoms with Gasteiger partial charge in [0.2, 0.25) is 0 Å². The molecule has 0 radical (unpaired) electrons. The molecule has 0 aliphatic rings. The maximum Gasteiger partial charge on any atom is 0.309 e. The van der Waals surface area contributed by atoms with E-state index in [4.69, 9.17) is 0 Å². The van der Waals surface area contributed by atoms with Crippen molar-refractivity contribution in [3.8, 4) is 5.75 Å². The Kier molecular flexibility index (Phi) is 2.72. The summed E-state index contributed by atoms with van der Waals surface area (Å²) >= 11 is 0. The fourth-order valence-corrected chi connectivity index (χ4v) is 1.54. The second-order valence-corrected chi connectivity index (χ2v) is 3.67. The van der Waals surface area contributed by atoms with E-state index in [0.29, 0.717) is 6.54 Å². The predicted octanol–water partition coefficient (Wildman–Crippen LogP) is 1.31. The normalized spacial score (nSPS) is 10.3. The van der Waals surface area contributed by atoms with Gasteiger partial charge in [-0.25, -0.2) is 4.68 Å². The van der Waals surface area contributed by atoms with E-state index < -0.39 is 5.56 Å². The maximum atomic E-state index is 11.5. The zero-order chi connectivity index (χ0) is 11.5. The largest absolute Gasteiger partial charge is 0.503 e. The highest BCUT2D eigenvalue weighted by molar-refractivity contribution is 5.22. The van der Waals surface area contributed by atoms with E-state index in [1.165, 1.54) is 16.9 Å². The third kappa shape index (κ3) is 2.11. The Morgan fingerprint density at radius 1 is 1.38 bits per heavy atom. The summed E-state index contributed by atoms with van der Waals surface area (Å²) in [7, 11) is 0. The minimum atomic E-state index is -0.469. The summed E-state index contributed by atoms with van der Waals surface area (Å²) in [4.78, 5) is 11.5. The maximum absolute atomic E-state index is 11.5. The van der Waals surface area contributed by atoms with Crippen LogP contribution in [0.3, 0.4) is 0 Å². The van der Waals surface area contributed by atoms with Crippen molar-refractivity contribution in [3.63, 3.8) is 0 Å². The Morgan fingerprint density at radius 3 is 2.94 bits per heavy atom. The van der Waals surface area contributed by atoms with Crippen molar-refractivity contribution >= 4 is 0 Å². The Hall–Kier alpha value is -2.10. The number of aryl methyl sites for hydroxylation is 1. The Balaban J connectivity index is 2.34. The molecule has 2 aromatic rings. The van der Waals surface area contributed by atoms with Crippen LogP contribution in [0.4, 0.5) is 0 Å². The van der Waals surface area contributed by atoms with Crippen molar-refractivity contribution in [1.29, 1.82) is 0 Å². The molecular formula is C12H12N2O2. The lowest BCUT2D eigenvalue weighted by Gasteiger charge is -2.05. The van der Waals surface area contributed by atoms with Gasteiger partial charge in [0.1, 0.15) is 0 Å². The number of nitrogens with zero attached hydrogens (tertiary/aromatic N) is 2. The van der Waals surface area contributed by atoms with Crippen LogP contribution >= 0.6 is 0 Å². The molecule has 0 aliphatic heterocycles. The average molecular weight is 216 g/mol. The average Bonchev–Trinajstić information content (AvgIpc) is 2.25. The molecule has 0 bridgehead atoms. The molecule has 2 rings (SSSR count). The molecular weight excluding hydrogens is 204 g/mol. The molecule has 4 heteroatoms. The van der Waals surface area contributed by atoms with Gasteiger partial charge < -0.3 is 5.11 Å². The Bertz CT molecular complexity index is 561. The van der Waals surface area contributed by atoms with Crippen LogP contribution in [0.1, 0.15) is 11.1 Å². The van der Waals surface area contributed by atoms with Crippen LogP contribution in [0.15, 0.2) is 41.3 Å². The van der Waals surface area contributed by atoms with Crippen LogP contribution in [0.25, 0.3) is 0 Å². The summed E-state index contributed by atoms with van der Waals surface area (Å²) < 4.78 is 1.24. The highest BCUT2D eigenvalue weighted by Crippen LogP contribution is 2.05. The lowest BCUT2D eigenvalue weighted by Crippen LogP contribution is -2.22. The monoisotopic (exact) mass is 216 g/mol. The van der Waals surface area contributed by atoms with Crippen LogP contribution in [0, 0.1) is 6.92 Å². The van der Waals surface area contributed by atoms with Gasteiger partial charge in [-0.3, -0.25) is 4.79 Å². The molecule has 0 amide bonds. The second-order valence-electron chi connectivity index (χ2n) is 3.67. The first-order chi connectivity index (χ1) is 7.66. The van der Waals surface area contributed by atoms with E-state index in [1.807, 2.05) is 31.2 Å². The molecule has 1 N–H and O–H groups in total. The van der Waals surface area contributed by atoms with Gasteiger partial charge in [-0.05, 0) is 12.5 Å². The molecule has 0 unspecified atom stereocenters. The third-order valence-corrected chi connectivity index (χ3v) is 2.31. The van der Waals surface area contributed by atoms with Gasteiger partial charge in [0.05, 0.1) is 12.7 Å². The standard InChI is InChI=1S/C12H12N2O2/c1-9-3-2-4-10(7-9)8-14-12(16)11(15)5-6-13-14/h2-7,15H,8H2,1H3. The van der Waals surface area contributed by atoms with Gasteiger partial charge >= 0.3 is 5.56 Å². The fourth-order valence-electron chi connectivity index (χ4n) is 1.54. The van der Waals surface area contributed by atoms with E-state index in [0.717, 1.165) is 11.1 Å². The summed E-state index contributed by atoms with van der Waals surface area (Å²) in [5.41, 5.74) is 1.65. The minimum Gasteiger partial charge on any atom is -0.503 e. The zero-order valence-corrected chi connectivity index (χ0v) is 8.92. The van der Waals surface area contributed by atoms with Gasteiger partial charge in [0, 0.05) is 6.07 Å². The first-order valence-corrected chi connectivity index (χ1v) is 4.97. The number of aromatic hydroxyl groups is 1. The molecule has 0 saturated carbocycles. The number of hydrogen-bond donors (Lipinski definition) is 1. The van der Waals surface area contributed by atoms with Crippen molar-refractivity contribution in [3.05, 3.63) is 58.0 Å². The summed E-state index contributed by atoms with van der Waals surface area (Å²) in [6.45, 7) is 2.36. The van der Waals surface area contributed by atoms with E-state index in [9.17, 15) is 9.90 Å². The lowest BCUT2D eigenvalue weighted by atomic mass is 10.1. The van der Waals surface area contributed by atoms with Crippen molar-refractivity contribution in [2.75, 3.05) is 0 Å². The number of hydrogen-bond acceptors (Lipinski definition) is 3. The van der Waals surface area contributed by atoms with E-state index >= 15 is 0 Å². The third-order valence-electron chi connectivity index (χ3n) is 2.31. The molecule has 0 aliphatic carbocycles. The van der Waals surface area contributed by atoms with Crippen LogP contribution in [0.2, 0.25) is 0 Å². The van der Waals surface area contributed by atoms with Crippen molar-refractivity contribution < 1.29 is 5.11 Å². The van der Waals surface area contributed by atoms with Gasteiger partial charge in [0.25, 0.3) is 0 Å². The molecule has 1 aromatic carbocycles. The smallest absolute Gasteiger partial charge is 0.309 e. The molecule has 0 fully saturated rings. The highest BCUT2D eigenvalue weighted by atomic mass is 16.3. The second kappa shape index (κ2) is 4.18. The van der Waals surface area contributed by atoms with Gasteiger partial charge in [-0.2, -0.15) is 5.10 Å². The van der Waals surface area contributed by atoms with Crippen LogP contribution in [-0.2, 0) is 6.54 Å². The van der Waals surface area contributed by atoms with Crippen molar-refractivity contribution in [1.82, 2.24) is 9.78 Å². The zero-order valence-electron chi connectivity index (χ0n) is 8.92. The van der Waals surface area contributed by atoms with E-state index in [2.05, 4.69) is 5.10 Å². The molecule has 82 valence electrons. The lowest BCUT2D eigenvalue weighted by molar-refractivity contribution is 0.450. The quantitative estimate of drug-likeness (QED) is 0.823. The van der Waals surface area contributed by atoms with Crippen LogP contribution in [-0.4, -0.2) is 14.9 Å². The van der Waals surface area contributed by atoms with Crippen LogP contribution in [0.5, 0.6) is 5.75 Å². The first-order valence-electron chi connectivity index (χ1n) is 4.97. The minimum absolute atomic E-state index is 0.275. The van der Waals surface area contributed by atoms with Crippen LogP contribution < -0.4 is 5.56 Å². The Labute approximate surface area is 92.8 Å². The molecule has 1 aromatic heterocycles. The molecule has 0 atom stereocenters. The number of aromatic nitrogens is 2. The summed E-state index contributed by atoms with van der Waals surface area (Å²) in [6.07, 6.45) is 1.41. The topological polar surface area (TPSA) is 55.1 Å². The number of benzene rings is 1. The Morgan fingerprint density at radius 2 is 2.19 bits per heavy atom. The van der Waals surface area contributed by atoms with E-state index in [1.54, 1.807) is 0 Å². The predicted molar refractivity (Wildman–Crippen MR) is 60.4 cm³/mol. The van der Waals surface area contributed by atoms with Gasteiger partial charge in [-0.15, -0.1) is 0 Å². The number of rotatable bonds is 2. The molecule has 16 heavy (non-hydrogen) atoms.